The molecule has 0 radical (unpaired) electrons. The molecular formula is C18H28N2S. The molecule has 2 nitrogen and oxygen atoms in total. The van der Waals surface area contributed by atoms with Gasteiger partial charge >= 0.3 is 0 Å². The molecule has 1 unspecified atom stereocenters. The summed E-state index contributed by atoms with van der Waals surface area (Å²) in [5.41, 5.74) is 1.28. The van der Waals surface area contributed by atoms with Crippen molar-refractivity contribution < 1.29 is 0 Å². The third-order valence-corrected chi connectivity index (χ3v) is 6.13. The number of piperidine rings is 1. The Morgan fingerprint density at radius 3 is 2.57 bits per heavy atom. The molecule has 1 heterocycles. The molecular weight excluding hydrogens is 276 g/mol. The molecule has 1 saturated heterocycles. The molecule has 21 heavy (non-hydrogen) atoms. The Labute approximate surface area is 133 Å². The number of likely N-dealkylation sites (tertiary alicyclic amines) is 1. The van der Waals surface area contributed by atoms with Crippen LogP contribution in [0.3, 0.4) is 0 Å². The Bertz CT molecular complexity index is 425. The van der Waals surface area contributed by atoms with Gasteiger partial charge in [-0.3, -0.25) is 0 Å². The standard InChI is InChI=1S/C18H28N2S/c1-20-12-4-5-15(14-20)13-19-16-8-10-18(11-9-16)21-17-6-2-3-7-17/h8-11,15,17,19H,2-7,12-14H2,1H3. The number of anilines is 1. The highest BCUT2D eigenvalue weighted by molar-refractivity contribution is 8.00. The molecule has 1 aliphatic carbocycles. The van der Waals surface area contributed by atoms with Crippen LogP contribution in [0.15, 0.2) is 29.2 Å². The SMILES string of the molecule is CN1CCCC(CNc2ccc(SC3CCCC3)cc2)C1. The first-order valence-corrected chi connectivity index (χ1v) is 9.37. The quantitative estimate of drug-likeness (QED) is 0.863. The molecule has 0 spiro atoms. The van der Waals surface area contributed by atoms with Crippen LogP contribution in [0.25, 0.3) is 0 Å². The van der Waals surface area contributed by atoms with Crippen LogP contribution in [0.5, 0.6) is 0 Å². The minimum atomic E-state index is 0.802. The molecule has 1 aliphatic heterocycles. The van der Waals surface area contributed by atoms with E-state index in [1.165, 1.54) is 62.2 Å². The molecule has 2 aliphatic rings. The summed E-state index contributed by atoms with van der Waals surface area (Å²) in [6.07, 6.45) is 8.37. The second kappa shape index (κ2) is 7.55. The van der Waals surface area contributed by atoms with Gasteiger partial charge in [0.25, 0.3) is 0 Å². The molecule has 0 amide bonds. The highest BCUT2D eigenvalue weighted by atomic mass is 32.2. The van der Waals surface area contributed by atoms with E-state index in [-0.39, 0.29) is 0 Å². The molecule has 3 rings (SSSR count). The van der Waals surface area contributed by atoms with E-state index in [2.05, 4.69) is 53.3 Å². The van der Waals surface area contributed by atoms with E-state index in [0.29, 0.717) is 0 Å². The minimum Gasteiger partial charge on any atom is -0.385 e. The van der Waals surface area contributed by atoms with Crippen LogP contribution >= 0.6 is 11.8 Å². The van der Waals surface area contributed by atoms with Crippen molar-refractivity contribution in [2.45, 2.75) is 48.7 Å². The second-order valence-electron chi connectivity index (χ2n) is 6.70. The number of nitrogens with one attached hydrogen (secondary N) is 1. The van der Waals surface area contributed by atoms with E-state index < -0.39 is 0 Å². The van der Waals surface area contributed by atoms with Crippen molar-refractivity contribution in [3.05, 3.63) is 24.3 Å². The van der Waals surface area contributed by atoms with E-state index in [9.17, 15) is 0 Å². The molecule has 1 N–H and O–H groups in total. The fourth-order valence-electron chi connectivity index (χ4n) is 3.55. The zero-order chi connectivity index (χ0) is 14.5. The zero-order valence-electron chi connectivity index (χ0n) is 13.2. The molecule has 1 atom stereocenters. The molecule has 0 bridgehead atoms. The van der Waals surface area contributed by atoms with E-state index in [1.54, 1.807) is 0 Å². The smallest absolute Gasteiger partial charge is 0.0341 e. The third-order valence-electron chi connectivity index (χ3n) is 4.78. The van der Waals surface area contributed by atoms with Crippen molar-refractivity contribution in [3.8, 4) is 0 Å². The summed E-state index contributed by atoms with van der Waals surface area (Å²) in [6, 6.07) is 9.09. The lowest BCUT2D eigenvalue weighted by Gasteiger charge is -2.30. The van der Waals surface area contributed by atoms with Crippen LogP contribution in [-0.2, 0) is 0 Å². The summed E-state index contributed by atoms with van der Waals surface area (Å²) >= 11 is 2.07. The second-order valence-corrected chi connectivity index (χ2v) is 8.07. The number of nitrogens with zero attached hydrogens (tertiary/aromatic N) is 1. The molecule has 116 valence electrons. The third kappa shape index (κ3) is 4.65. The first-order valence-electron chi connectivity index (χ1n) is 8.49. The van der Waals surface area contributed by atoms with Crippen molar-refractivity contribution in [2.24, 2.45) is 5.92 Å². The van der Waals surface area contributed by atoms with E-state index in [0.717, 1.165) is 17.7 Å². The molecule has 1 saturated carbocycles. The van der Waals surface area contributed by atoms with Crippen LogP contribution < -0.4 is 5.32 Å². The van der Waals surface area contributed by atoms with Gasteiger partial charge in [0, 0.05) is 28.9 Å². The Morgan fingerprint density at radius 2 is 1.86 bits per heavy atom. The van der Waals surface area contributed by atoms with Crippen molar-refractivity contribution in [2.75, 3.05) is 32.0 Å². The van der Waals surface area contributed by atoms with Crippen molar-refractivity contribution in [1.29, 1.82) is 0 Å². The van der Waals surface area contributed by atoms with Gasteiger partial charge in [-0.15, -0.1) is 11.8 Å². The van der Waals surface area contributed by atoms with Gasteiger partial charge in [0.15, 0.2) is 0 Å². The van der Waals surface area contributed by atoms with Gasteiger partial charge in [-0.2, -0.15) is 0 Å². The number of benzene rings is 1. The minimum absolute atomic E-state index is 0.802. The van der Waals surface area contributed by atoms with Crippen molar-refractivity contribution >= 4 is 17.4 Å². The summed E-state index contributed by atoms with van der Waals surface area (Å²) in [7, 11) is 2.24. The maximum atomic E-state index is 3.62. The lowest BCUT2D eigenvalue weighted by atomic mass is 9.98. The van der Waals surface area contributed by atoms with Crippen molar-refractivity contribution in [3.63, 3.8) is 0 Å². The van der Waals surface area contributed by atoms with Crippen LogP contribution in [0.4, 0.5) is 5.69 Å². The van der Waals surface area contributed by atoms with Crippen LogP contribution in [0.1, 0.15) is 38.5 Å². The van der Waals surface area contributed by atoms with Crippen LogP contribution in [-0.4, -0.2) is 36.8 Å². The normalized spacial score (nSPS) is 24.3. The molecule has 1 aromatic rings. The first-order chi connectivity index (χ1) is 10.3. The Hall–Kier alpha value is -0.670. The van der Waals surface area contributed by atoms with Gasteiger partial charge in [0.2, 0.25) is 0 Å². The summed E-state index contributed by atoms with van der Waals surface area (Å²) in [5.74, 6) is 0.802. The average molecular weight is 305 g/mol. The Kier molecular flexibility index (Phi) is 5.48. The Morgan fingerprint density at radius 1 is 1.10 bits per heavy atom. The number of thioether (sulfide) groups is 1. The zero-order valence-corrected chi connectivity index (χ0v) is 14.0. The predicted molar refractivity (Wildman–Crippen MR) is 93.3 cm³/mol. The molecule has 3 heteroatoms. The van der Waals surface area contributed by atoms with Gasteiger partial charge in [-0.05, 0) is 69.5 Å². The van der Waals surface area contributed by atoms with E-state index in [4.69, 9.17) is 0 Å². The van der Waals surface area contributed by atoms with E-state index >= 15 is 0 Å². The summed E-state index contributed by atoms with van der Waals surface area (Å²) in [6.45, 7) is 3.62. The largest absolute Gasteiger partial charge is 0.385 e. The maximum absolute atomic E-state index is 3.62. The van der Waals surface area contributed by atoms with Crippen molar-refractivity contribution in [1.82, 2.24) is 4.90 Å². The van der Waals surface area contributed by atoms with Gasteiger partial charge in [0.1, 0.15) is 0 Å². The van der Waals surface area contributed by atoms with Crippen LogP contribution in [0.2, 0.25) is 0 Å². The molecule has 2 fully saturated rings. The highest BCUT2D eigenvalue weighted by Gasteiger charge is 2.17. The van der Waals surface area contributed by atoms with E-state index in [1.807, 2.05) is 0 Å². The summed E-state index contributed by atoms with van der Waals surface area (Å²) in [5, 5.41) is 4.48. The molecule has 1 aromatic carbocycles. The van der Waals surface area contributed by atoms with Crippen LogP contribution in [0, 0.1) is 5.92 Å². The fraction of sp³-hybridized carbons (Fsp3) is 0.667. The fourth-order valence-corrected chi connectivity index (χ4v) is 4.80. The number of rotatable bonds is 5. The lowest BCUT2D eigenvalue weighted by Crippen LogP contribution is -2.35. The summed E-state index contributed by atoms with van der Waals surface area (Å²) in [4.78, 5) is 3.89. The van der Waals surface area contributed by atoms with Gasteiger partial charge in [-0.1, -0.05) is 12.8 Å². The average Bonchev–Trinajstić information content (AvgIpc) is 3.00. The predicted octanol–water partition coefficient (Wildman–Crippen LogP) is 4.48. The van der Waals surface area contributed by atoms with Gasteiger partial charge in [0.05, 0.1) is 0 Å². The maximum Gasteiger partial charge on any atom is 0.0341 e. The summed E-state index contributed by atoms with van der Waals surface area (Å²) < 4.78 is 0. The monoisotopic (exact) mass is 304 g/mol. The lowest BCUT2D eigenvalue weighted by molar-refractivity contribution is 0.217. The Balaban J connectivity index is 1.45. The topological polar surface area (TPSA) is 15.3 Å². The number of hydrogen-bond donors (Lipinski definition) is 1. The highest BCUT2D eigenvalue weighted by Crippen LogP contribution is 2.34. The van der Waals surface area contributed by atoms with Gasteiger partial charge in [-0.25, -0.2) is 0 Å². The number of hydrogen-bond acceptors (Lipinski definition) is 3. The first kappa shape index (κ1) is 15.2. The molecule has 0 aromatic heterocycles. The van der Waals surface area contributed by atoms with Gasteiger partial charge < -0.3 is 10.2 Å².